The van der Waals surface area contributed by atoms with Gasteiger partial charge in [0.25, 0.3) is 0 Å². The fourth-order valence-corrected chi connectivity index (χ4v) is 4.24. The number of carbonyl (C=O) groups is 1. The van der Waals surface area contributed by atoms with Crippen LogP contribution in [0.15, 0.2) is 0 Å². The van der Waals surface area contributed by atoms with Gasteiger partial charge in [0.15, 0.2) is 5.12 Å². The highest BCUT2D eigenvalue weighted by Crippen LogP contribution is 2.61. The van der Waals surface area contributed by atoms with Gasteiger partial charge in [-0.25, -0.2) is 0 Å². The quantitative estimate of drug-likeness (QED) is 0.788. The topological polar surface area (TPSA) is 37.3 Å². The summed E-state index contributed by atoms with van der Waals surface area (Å²) in [5, 5.41) is 10.2. The number of hydrogen-bond donors (Lipinski definition) is 1. The Bertz CT molecular complexity index is 275. The first-order valence-electron chi connectivity index (χ1n) is 5.74. The highest BCUT2D eigenvalue weighted by atomic mass is 32.2. The Labute approximate surface area is 95.8 Å². The molecule has 0 spiro atoms. The van der Waals surface area contributed by atoms with Gasteiger partial charge in [0.1, 0.15) is 0 Å². The number of fused-ring (bicyclic) bond motifs is 2. The Hall–Kier alpha value is -0.0200. The summed E-state index contributed by atoms with van der Waals surface area (Å²) in [6.07, 6.45) is 2.02. The predicted molar refractivity (Wildman–Crippen MR) is 62.6 cm³/mol. The Balaban J connectivity index is 2.00. The van der Waals surface area contributed by atoms with Crippen LogP contribution in [-0.2, 0) is 4.79 Å². The van der Waals surface area contributed by atoms with Crippen molar-refractivity contribution in [3.05, 3.63) is 0 Å². The number of thioether (sulfide) groups is 1. The Morgan fingerprint density at radius 3 is 2.67 bits per heavy atom. The molecule has 3 rings (SSSR count). The second-order valence-electron chi connectivity index (χ2n) is 5.63. The van der Waals surface area contributed by atoms with Crippen molar-refractivity contribution in [3.8, 4) is 0 Å². The minimum atomic E-state index is -0.173. The van der Waals surface area contributed by atoms with Crippen molar-refractivity contribution in [2.45, 2.75) is 39.7 Å². The maximum Gasteiger partial charge on any atom is 0.185 e. The number of aliphatic hydroxyl groups excluding tert-OH is 1. The summed E-state index contributed by atoms with van der Waals surface area (Å²) in [5.74, 6) is 2.46. The van der Waals surface area contributed by atoms with E-state index in [1.807, 2.05) is 0 Å². The number of rotatable bonds is 2. The van der Waals surface area contributed by atoms with Crippen LogP contribution in [0.1, 0.15) is 33.6 Å². The van der Waals surface area contributed by atoms with Gasteiger partial charge in [0.05, 0.1) is 6.10 Å². The Kier molecular flexibility index (Phi) is 2.89. The average Bonchev–Trinajstić information content (AvgIpc) is 2.15. The van der Waals surface area contributed by atoms with Crippen molar-refractivity contribution in [2.24, 2.45) is 23.2 Å². The van der Waals surface area contributed by atoms with E-state index < -0.39 is 0 Å². The molecule has 1 N–H and O–H groups in total. The molecule has 86 valence electrons. The lowest BCUT2D eigenvalue weighted by molar-refractivity contribution is -0.152. The van der Waals surface area contributed by atoms with E-state index in [-0.39, 0.29) is 11.2 Å². The van der Waals surface area contributed by atoms with E-state index in [0.29, 0.717) is 23.2 Å². The molecule has 0 aliphatic heterocycles. The zero-order valence-corrected chi connectivity index (χ0v) is 10.5. The van der Waals surface area contributed by atoms with Gasteiger partial charge >= 0.3 is 0 Å². The Morgan fingerprint density at radius 1 is 1.47 bits per heavy atom. The van der Waals surface area contributed by atoms with Crippen molar-refractivity contribution in [2.75, 3.05) is 5.75 Å². The molecule has 3 fully saturated rings. The zero-order chi connectivity index (χ0) is 11.2. The third-order valence-corrected chi connectivity index (χ3v) is 5.52. The number of hydrogen-bond acceptors (Lipinski definition) is 3. The van der Waals surface area contributed by atoms with Crippen LogP contribution in [0.5, 0.6) is 0 Å². The molecule has 4 unspecified atom stereocenters. The van der Waals surface area contributed by atoms with Gasteiger partial charge in [-0.1, -0.05) is 25.6 Å². The van der Waals surface area contributed by atoms with Gasteiger partial charge in [-0.3, -0.25) is 4.79 Å². The normalized spacial score (nSPS) is 42.1. The van der Waals surface area contributed by atoms with Crippen LogP contribution in [0.2, 0.25) is 0 Å². The lowest BCUT2D eigenvalue weighted by atomic mass is 9.45. The van der Waals surface area contributed by atoms with Gasteiger partial charge in [-0.15, -0.1) is 0 Å². The summed E-state index contributed by atoms with van der Waals surface area (Å²) in [7, 11) is 0. The SMILES string of the molecule is CC(=O)SCC1C(O)CC2CC1C2(C)C. The largest absolute Gasteiger partial charge is 0.393 e. The van der Waals surface area contributed by atoms with Crippen LogP contribution in [0.3, 0.4) is 0 Å². The highest BCUT2D eigenvalue weighted by Gasteiger charge is 2.57. The molecule has 4 atom stereocenters. The van der Waals surface area contributed by atoms with Crippen LogP contribution in [0.4, 0.5) is 0 Å². The third kappa shape index (κ3) is 1.84. The number of aliphatic hydroxyl groups is 1. The van der Waals surface area contributed by atoms with Crippen LogP contribution < -0.4 is 0 Å². The fraction of sp³-hybridized carbons (Fsp3) is 0.917. The molecule has 3 aliphatic carbocycles. The molecule has 0 heterocycles. The Morgan fingerprint density at radius 2 is 2.13 bits per heavy atom. The monoisotopic (exact) mass is 228 g/mol. The predicted octanol–water partition coefficient (Wildman–Crippen LogP) is 2.31. The van der Waals surface area contributed by atoms with Gasteiger partial charge < -0.3 is 5.11 Å². The first kappa shape index (κ1) is 11.5. The van der Waals surface area contributed by atoms with Gasteiger partial charge in [0.2, 0.25) is 0 Å². The van der Waals surface area contributed by atoms with E-state index >= 15 is 0 Å². The first-order valence-corrected chi connectivity index (χ1v) is 6.73. The summed E-state index contributed by atoms with van der Waals surface area (Å²) in [4.78, 5) is 11.0. The molecule has 2 bridgehead atoms. The third-order valence-electron chi connectivity index (χ3n) is 4.56. The first-order chi connectivity index (χ1) is 6.93. The number of carbonyl (C=O) groups excluding carboxylic acids is 1. The molecule has 3 aliphatic rings. The molecular formula is C12H20O2S. The maximum atomic E-state index is 11.0. The smallest absolute Gasteiger partial charge is 0.185 e. The summed E-state index contributed by atoms with van der Waals surface area (Å²) in [6, 6.07) is 0. The van der Waals surface area contributed by atoms with E-state index in [2.05, 4.69) is 13.8 Å². The average molecular weight is 228 g/mol. The fourth-order valence-electron chi connectivity index (χ4n) is 3.36. The van der Waals surface area contributed by atoms with Crippen molar-refractivity contribution < 1.29 is 9.90 Å². The standard InChI is InChI=1S/C12H20O2S/c1-7(13)15-6-9-10-4-8(5-11(9)14)12(10,2)3/h8-11,14H,4-6H2,1-3H3. The van der Waals surface area contributed by atoms with Crippen molar-refractivity contribution >= 4 is 16.9 Å². The molecule has 0 amide bonds. The summed E-state index contributed by atoms with van der Waals surface area (Å²) in [6.45, 7) is 6.22. The van der Waals surface area contributed by atoms with Crippen LogP contribution in [-0.4, -0.2) is 22.1 Å². The van der Waals surface area contributed by atoms with Crippen molar-refractivity contribution in [1.82, 2.24) is 0 Å². The highest BCUT2D eigenvalue weighted by molar-refractivity contribution is 8.13. The summed E-state index contributed by atoms with van der Waals surface area (Å²) >= 11 is 1.37. The molecule has 0 radical (unpaired) electrons. The maximum absolute atomic E-state index is 11.0. The lowest BCUT2D eigenvalue weighted by Crippen LogP contribution is -2.58. The minimum absolute atomic E-state index is 0.168. The van der Waals surface area contributed by atoms with Gasteiger partial charge in [-0.2, -0.15) is 0 Å². The second-order valence-corrected chi connectivity index (χ2v) is 6.83. The van der Waals surface area contributed by atoms with Gasteiger partial charge in [0, 0.05) is 12.7 Å². The van der Waals surface area contributed by atoms with E-state index in [9.17, 15) is 9.90 Å². The molecule has 2 nitrogen and oxygen atoms in total. The molecular weight excluding hydrogens is 208 g/mol. The molecule has 3 saturated carbocycles. The van der Waals surface area contributed by atoms with E-state index in [4.69, 9.17) is 0 Å². The summed E-state index contributed by atoms with van der Waals surface area (Å²) in [5.41, 5.74) is 0.390. The molecule has 3 heteroatoms. The van der Waals surface area contributed by atoms with Crippen molar-refractivity contribution in [3.63, 3.8) is 0 Å². The van der Waals surface area contributed by atoms with Crippen LogP contribution in [0, 0.1) is 23.2 Å². The molecule has 0 aromatic carbocycles. The molecule has 0 aromatic heterocycles. The van der Waals surface area contributed by atoms with Crippen LogP contribution >= 0.6 is 11.8 Å². The van der Waals surface area contributed by atoms with Gasteiger partial charge in [-0.05, 0) is 36.0 Å². The molecule has 0 aromatic rings. The summed E-state index contributed by atoms with van der Waals surface area (Å²) < 4.78 is 0. The molecule has 0 saturated heterocycles. The van der Waals surface area contributed by atoms with E-state index in [1.165, 1.54) is 18.2 Å². The van der Waals surface area contributed by atoms with E-state index in [1.54, 1.807) is 6.92 Å². The zero-order valence-electron chi connectivity index (χ0n) is 9.69. The second kappa shape index (κ2) is 3.77. The molecule has 15 heavy (non-hydrogen) atoms. The van der Waals surface area contributed by atoms with E-state index in [0.717, 1.165) is 12.2 Å². The van der Waals surface area contributed by atoms with Crippen LogP contribution in [0.25, 0.3) is 0 Å². The lowest BCUT2D eigenvalue weighted by Gasteiger charge is -2.61. The minimum Gasteiger partial charge on any atom is -0.393 e. The van der Waals surface area contributed by atoms with Crippen molar-refractivity contribution in [1.29, 1.82) is 0 Å².